The van der Waals surface area contributed by atoms with Crippen molar-refractivity contribution in [3.05, 3.63) is 87.4 Å². The van der Waals surface area contributed by atoms with E-state index in [0.717, 1.165) is 51.2 Å². The van der Waals surface area contributed by atoms with Crippen molar-refractivity contribution in [2.45, 2.75) is 20.8 Å². The van der Waals surface area contributed by atoms with Crippen molar-refractivity contribution in [2.24, 2.45) is 0 Å². The summed E-state index contributed by atoms with van der Waals surface area (Å²) < 4.78 is 6.59. The second-order valence-electron chi connectivity index (χ2n) is 8.87. The smallest absolute Gasteiger partial charge is 0.262 e. The van der Waals surface area contributed by atoms with E-state index in [0.29, 0.717) is 18.8 Å². The van der Waals surface area contributed by atoms with Crippen LogP contribution in [0.2, 0.25) is 0 Å². The van der Waals surface area contributed by atoms with Gasteiger partial charge in [0.2, 0.25) is 0 Å². The number of ether oxygens (including phenoxy) is 1. The highest BCUT2D eigenvalue weighted by molar-refractivity contribution is 9.10. The lowest BCUT2D eigenvalue weighted by atomic mass is 10.1. The molecule has 1 heterocycles. The first-order valence-electron chi connectivity index (χ1n) is 11.7. The standard InChI is InChI=1S/C28H30BrN3O3/c1-19-16-21(3)27(25(29)17-19)35-18-26(33)30-22-8-10-23(11-9-22)31-12-14-32(15-13-31)28(34)24-7-5-4-6-20(24)2/h4-11,16-17H,12-15,18H2,1-3H3,(H,30,33). The fourth-order valence-corrected chi connectivity index (χ4v) is 5.11. The van der Waals surface area contributed by atoms with E-state index in [9.17, 15) is 9.59 Å². The molecule has 1 fully saturated rings. The Morgan fingerprint density at radius 3 is 2.26 bits per heavy atom. The van der Waals surface area contributed by atoms with Crippen molar-refractivity contribution < 1.29 is 14.3 Å². The molecule has 1 N–H and O–H groups in total. The molecule has 0 aliphatic carbocycles. The van der Waals surface area contributed by atoms with Crippen LogP contribution in [0.5, 0.6) is 5.75 Å². The van der Waals surface area contributed by atoms with Crippen LogP contribution in [0.1, 0.15) is 27.0 Å². The largest absolute Gasteiger partial charge is 0.482 e. The normalized spacial score (nSPS) is 13.5. The number of carbonyl (C=O) groups excluding carboxylic acids is 2. The van der Waals surface area contributed by atoms with Crippen LogP contribution in [0, 0.1) is 20.8 Å². The number of nitrogens with zero attached hydrogens (tertiary/aromatic N) is 2. The summed E-state index contributed by atoms with van der Waals surface area (Å²) in [6.45, 7) is 8.77. The van der Waals surface area contributed by atoms with E-state index in [1.54, 1.807) is 0 Å². The monoisotopic (exact) mass is 535 g/mol. The van der Waals surface area contributed by atoms with E-state index in [1.807, 2.05) is 86.3 Å². The molecule has 0 bridgehead atoms. The molecule has 3 aromatic carbocycles. The Kier molecular flexibility index (Phi) is 7.76. The van der Waals surface area contributed by atoms with E-state index in [-0.39, 0.29) is 18.4 Å². The molecule has 0 unspecified atom stereocenters. The zero-order valence-electron chi connectivity index (χ0n) is 20.3. The Bertz CT molecular complexity index is 1200. The topological polar surface area (TPSA) is 61.9 Å². The lowest BCUT2D eigenvalue weighted by molar-refractivity contribution is -0.118. The van der Waals surface area contributed by atoms with E-state index in [4.69, 9.17) is 4.74 Å². The van der Waals surface area contributed by atoms with Gasteiger partial charge in [0, 0.05) is 43.1 Å². The summed E-state index contributed by atoms with van der Waals surface area (Å²) >= 11 is 3.50. The number of nitrogens with one attached hydrogen (secondary N) is 1. The molecular formula is C28H30BrN3O3. The minimum Gasteiger partial charge on any atom is -0.482 e. The summed E-state index contributed by atoms with van der Waals surface area (Å²) in [5.41, 5.74) is 5.68. The lowest BCUT2D eigenvalue weighted by Crippen LogP contribution is -2.48. The minimum atomic E-state index is -0.215. The molecule has 3 aromatic rings. The molecule has 4 rings (SSSR count). The van der Waals surface area contributed by atoms with Crippen LogP contribution in [0.15, 0.2) is 65.1 Å². The Hall–Kier alpha value is -3.32. The van der Waals surface area contributed by atoms with E-state index in [2.05, 4.69) is 26.1 Å². The number of carbonyl (C=O) groups is 2. The highest BCUT2D eigenvalue weighted by atomic mass is 79.9. The first kappa shape index (κ1) is 24.8. The first-order valence-corrected chi connectivity index (χ1v) is 12.5. The molecule has 35 heavy (non-hydrogen) atoms. The van der Waals surface area contributed by atoms with Crippen molar-refractivity contribution >= 4 is 39.1 Å². The van der Waals surface area contributed by atoms with E-state index in [1.165, 1.54) is 0 Å². The van der Waals surface area contributed by atoms with Crippen LogP contribution in [0.25, 0.3) is 0 Å². The zero-order valence-corrected chi connectivity index (χ0v) is 21.9. The molecule has 0 radical (unpaired) electrons. The van der Waals surface area contributed by atoms with Crippen LogP contribution in [-0.4, -0.2) is 49.5 Å². The maximum atomic E-state index is 12.9. The van der Waals surface area contributed by atoms with Crippen LogP contribution < -0.4 is 15.0 Å². The Balaban J connectivity index is 1.28. The summed E-state index contributed by atoms with van der Waals surface area (Å²) in [5.74, 6) is 0.560. The number of amides is 2. The second-order valence-corrected chi connectivity index (χ2v) is 9.72. The number of halogens is 1. The van der Waals surface area contributed by atoms with Gasteiger partial charge in [0.1, 0.15) is 5.75 Å². The summed E-state index contributed by atoms with van der Waals surface area (Å²) in [4.78, 5) is 29.4. The van der Waals surface area contributed by atoms with Crippen molar-refractivity contribution in [3.63, 3.8) is 0 Å². The number of hydrogen-bond donors (Lipinski definition) is 1. The van der Waals surface area contributed by atoms with Crippen LogP contribution in [0.4, 0.5) is 11.4 Å². The average Bonchev–Trinajstić information content (AvgIpc) is 2.84. The molecule has 0 atom stereocenters. The third-order valence-corrected chi connectivity index (χ3v) is 6.77. The molecule has 7 heteroatoms. The quantitative estimate of drug-likeness (QED) is 0.461. The predicted molar refractivity (Wildman–Crippen MR) is 143 cm³/mol. The summed E-state index contributed by atoms with van der Waals surface area (Å²) in [6.07, 6.45) is 0. The summed E-state index contributed by atoms with van der Waals surface area (Å²) in [5, 5.41) is 2.89. The molecule has 0 aromatic heterocycles. The minimum absolute atomic E-state index is 0.0683. The van der Waals surface area contributed by atoms with Gasteiger partial charge in [-0.15, -0.1) is 0 Å². The molecule has 0 saturated carbocycles. The Morgan fingerprint density at radius 1 is 0.914 bits per heavy atom. The molecule has 6 nitrogen and oxygen atoms in total. The lowest BCUT2D eigenvalue weighted by Gasteiger charge is -2.36. The number of anilines is 2. The van der Waals surface area contributed by atoms with Crippen LogP contribution in [-0.2, 0) is 4.79 Å². The van der Waals surface area contributed by atoms with E-state index >= 15 is 0 Å². The number of aryl methyl sites for hydroxylation is 3. The maximum Gasteiger partial charge on any atom is 0.262 e. The van der Waals surface area contributed by atoms with Crippen molar-refractivity contribution in [2.75, 3.05) is 43.0 Å². The highest BCUT2D eigenvalue weighted by Crippen LogP contribution is 2.30. The second kappa shape index (κ2) is 11.0. The Labute approximate surface area is 215 Å². The Morgan fingerprint density at radius 2 is 1.60 bits per heavy atom. The van der Waals surface area contributed by atoms with Crippen LogP contribution >= 0.6 is 15.9 Å². The highest BCUT2D eigenvalue weighted by Gasteiger charge is 2.23. The molecule has 182 valence electrons. The molecule has 1 aliphatic rings. The third-order valence-electron chi connectivity index (χ3n) is 6.18. The summed E-state index contributed by atoms with van der Waals surface area (Å²) in [7, 11) is 0. The summed E-state index contributed by atoms with van der Waals surface area (Å²) in [6, 6.07) is 19.5. The van der Waals surface area contributed by atoms with Crippen molar-refractivity contribution in [1.82, 2.24) is 4.90 Å². The van der Waals surface area contributed by atoms with Gasteiger partial charge in [-0.05, 0) is 89.8 Å². The van der Waals surface area contributed by atoms with Gasteiger partial charge >= 0.3 is 0 Å². The number of rotatable bonds is 6. The third kappa shape index (κ3) is 6.03. The molecule has 2 amide bonds. The van der Waals surface area contributed by atoms with Gasteiger partial charge in [0.25, 0.3) is 11.8 Å². The van der Waals surface area contributed by atoms with Crippen molar-refractivity contribution in [1.29, 1.82) is 0 Å². The van der Waals surface area contributed by atoms with E-state index < -0.39 is 0 Å². The van der Waals surface area contributed by atoms with Gasteiger partial charge in [-0.1, -0.05) is 24.3 Å². The number of piperazine rings is 1. The zero-order chi connectivity index (χ0) is 24.9. The fourth-order valence-electron chi connectivity index (χ4n) is 4.33. The van der Waals surface area contributed by atoms with Gasteiger partial charge in [0.05, 0.1) is 4.47 Å². The van der Waals surface area contributed by atoms with Gasteiger partial charge in [-0.25, -0.2) is 0 Å². The molecule has 1 saturated heterocycles. The predicted octanol–water partition coefficient (Wildman–Crippen LogP) is 5.35. The maximum absolute atomic E-state index is 12.9. The SMILES string of the molecule is Cc1cc(C)c(OCC(=O)Nc2ccc(N3CCN(C(=O)c4ccccc4C)CC3)cc2)c(Br)c1. The number of hydrogen-bond acceptors (Lipinski definition) is 4. The van der Waals surface area contributed by atoms with Gasteiger partial charge in [0.15, 0.2) is 6.61 Å². The molecule has 1 aliphatic heterocycles. The molecule has 0 spiro atoms. The average molecular weight is 536 g/mol. The van der Waals surface area contributed by atoms with Crippen LogP contribution in [0.3, 0.4) is 0 Å². The van der Waals surface area contributed by atoms with Gasteiger partial charge in [-0.3, -0.25) is 9.59 Å². The number of benzene rings is 3. The van der Waals surface area contributed by atoms with Crippen molar-refractivity contribution in [3.8, 4) is 5.75 Å². The van der Waals surface area contributed by atoms with Gasteiger partial charge < -0.3 is 19.9 Å². The first-order chi connectivity index (χ1) is 16.8. The molecular weight excluding hydrogens is 506 g/mol. The van der Waals surface area contributed by atoms with Gasteiger partial charge in [-0.2, -0.15) is 0 Å². The fraction of sp³-hybridized carbons (Fsp3) is 0.286.